The monoisotopic (exact) mass is 236 g/mol. The van der Waals surface area contributed by atoms with Crippen LogP contribution in [0, 0.1) is 11.3 Å². The molecule has 0 heterocycles. The number of hydrogen-bond acceptors (Lipinski definition) is 2. The fourth-order valence-corrected chi connectivity index (χ4v) is 1.73. The molecule has 18 heavy (non-hydrogen) atoms. The molecule has 0 radical (unpaired) electrons. The van der Waals surface area contributed by atoms with E-state index in [1.54, 1.807) is 0 Å². The van der Waals surface area contributed by atoms with Crippen molar-refractivity contribution in [3.05, 3.63) is 54.6 Å². The fraction of sp³-hybridized carbons (Fsp3) is 0.0667. The molecule has 0 atom stereocenters. The van der Waals surface area contributed by atoms with Crippen LogP contribution in [0.4, 0.5) is 5.69 Å². The third kappa shape index (κ3) is 2.74. The Morgan fingerprint density at radius 3 is 2.44 bits per heavy atom. The Bertz CT molecular complexity index is 585. The second-order valence-corrected chi connectivity index (χ2v) is 3.79. The molecule has 3 nitrogen and oxygen atoms in total. The zero-order valence-electron chi connectivity index (χ0n) is 9.76. The molecule has 3 heteroatoms. The number of nitriles is 1. The maximum absolute atomic E-state index is 11.5. The van der Waals surface area contributed by atoms with Gasteiger partial charge in [-0.05, 0) is 11.6 Å². The van der Waals surface area contributed by atoms with Gasteiger partial charge in [-0.15, -0.1) is 0 Å². The Kier molecular flexibility index (Phi) is 3.72. The molecule has 0 aliphatic rings. The van der Waals surface area contributed by atoms with Crippen LogP contribution in [0.2, 0.25) is 0 Å². The standard InChI is InChI=1S/C15H12N2O/c16-11-10-15(18)17-14-9-5-4-8-13(14)12-6-2-1-3-7-12/h1-9H,10H2,(H,17,18). The van der Waals surface area contributed by atoms with E-state index < -0.39 is 0 Å². The first kappa shape index (κ1) is 11.9. The van der Waals surface area contributed by atoms with Crippen molar-refractivity contribution >= 4 is 11.6 Å². The lowest BCUT2D eigenvalue weighted by Gasteiger charge is -2.10. The Balaban J connectivity index is 2.32. The first-order chi connectivity index (χ1) is 8.81. The van der Waals surface area contributed by atoms with E-state index in [1.807, 2.05) is 60.7 Å². The smallest absolute Gasteiger partial charge is 0.238 e. The fourth-order valence-electron chi connectivity index (χ4n) is 1.73. The van der Waals surface area contributed by atoms with Crippen LogP contribution in [0.25, 0.3) is 11.1 Å². The minimum atomic E-state index is -0.291. The van der Waals surface area contributed by atoms with E-state index in [9.17, 15) is 4.79 Å². The van der Waals surface area contributed by atoms with Gasteiger partial charge in [0.25, 0.3) is 0 Å². The molecule has 1 N–H and O–H groups in total. The number of nitrogens with zero attached hydrogens (tertiary/aromatic N) is 1. The normalized spacial score (nSPS) is 9.50. The predicted octanol–water partition coefficient (Wildman–Crippen LogP) is 3.21. The SMILES string of the molecule is N#CCC(=O)Nc1ccccc1-c1ccccc1. The summed E-state index contributed by atoms with van der Waals surface area (Å²) in [5.74, 6) is -0.291. The zero-order chi connectivity index (χ0) is 12.8. The molecule has 0 saturated heterocycles. The van der Waals surface area contributed by atoms with Gasteiger partial charge in [0.2, 0.25) is 5.91 Å². The van der Waals surface area contributed by atoms with Gasteiger partial charge < -0.3 is 5.32 Å². The van der Waals surface area contributed by atoms with E-state index in [2.05, 4.69) is 5.32 Å². The first-order valence-corrected chi connectivity index (χ1v) is 5.62. The number of hydrogen-bond donors (Lipinski definition) is 1. The summed E-state index contributed by atoms with van der Waals surface area (Å²) in [6.45, 7) is 0. The van der Waals surface area contributed by atoms with Gasteiger partial charge in [-0.1, -0.05) is 48.5 Å². The number of carbonyl (C=O) groups excluding carboxylic acids is 1. The van der Waals surface area contributed by atoms with Gasteiger partial charge in [-0.2, -0.15) is 5.26 Å². The average molecular weight is 236 g/mol. The highest BCUT2D eigenvalue weighted by atomic mass is 16.1. The largest absolute Gasteiger partial charge is 0.325 e. The van der Waals surface area contributed by atoms with Crippen molar-refractivity contribution < 1.29 is 4.79 Å². The van der Waals surface area contributed by atoms with E-state index in [-0.39, 0.29) is 12.3 Å². The molecule has 88 valence electrons. The Morgan fingerprint density at radius 1 is 1.06 bits per heavy atom. The molecule has 0 fully saturated rings. The minimum Gasteiger partial charge on any atom is -0.325 e. The summed E-state index contributed by atoms with van der Waals surface area (Å²) in [6, 6.07) is 19.2. The van der Waals surface area contributed by atoms with Crippen molar-refractivity contribution in [3.63, 3.8) is 0 Å². The molecular weight excluding hydrogens is 224 g/mol. The number of benzene rings is 2. The summed E-state index contributed by atoms with van der Waals surface area (Å²) >= 11 is 0. The van der Waals surface area contributed by atoms with Gasteiger partial charge in [0.1, 0.15) is 6.42 Å². The third-order valence-corrected chi connectivity index (χ3v) is 2.53. The maximum atomic E-state index is 11.5. The predicted molar refractivity (Wildman–Crippen MR) is 70.7 cm³/mol. The van der Waals surface area contributed by atoms with Crippen LogP contribution in [-0.2, 0) is 4.79 Å². The van der Waals surface area contributed by atoms with Crippen LogP contribution in [0.3, 0.4) is 0 Å². The van der Waals surface area contributed by atoms with Crippen molar-refractivity contribution in [1.29, 1.82) is 5.26 Å². The zero-order valence-corrected chi connectivity index (χ0v) is 9.76. The first-order valence-electron chi connectivity index (χ1n) is 5.62. The van der Waals surface area contributed by atoms with E-state index in [0.717, 1.165) is 16.8 Å². The summed E-state index contributed by atoms with van der Waals surface area (Å²) in [6.07, 6.45) is -0.136. The number of amides is 1. The number of nitrogens with one attached hydrogen (secondary N) is 1. The molecule has 2 aromatic rings. The summed E-state index contributed by atoms with van der Waals surface area (Å²) in [5, 5.41) is 11.2. The Hall–Kier alpha value is -2.60. The Labute approximate surface area is 106 Å². The van der Waals surface area contributed by atoms with Crippen LogP contribution in [0.5, 0.6) is 0 Å². The van der Waals surface area contributed by atoms with Crippen molar-refractivity contribution in [2.24, 2.45) is 0 Å². The molecule has 0 unspecified atom stereocenters. The second kappa shape index (κ2) is 5.65. The quantitative estimate of drug-likeness (QED) is 0.889. The van der Waals surface area contributed by atoms with Crippen molar-refractivity contribution in [2.75, 3.05) is 5.32 Å². The highest BCUT2D eigenvalue weighted by Crippen LogP contribution is 2.27. The van der Waals surface area contributed by atoms with E-state index in [4.69, 9.17) is 5.26 Å². The lowest BCUT2D eigenvalue weighted by Crippen LogP contribution is -2.10. The maximum Gasteiger partial charge on any atom is 0.238 e. The molecular formula is C15H12N2O. The molecule has 0 spiro atoms. The van der Waals surface area contributed by atoms with Crippen LogP contribution in [0.15, 0.2) is 54.6 Å². The molecule has 2 rings (SSSR count). The molecule has 0 saturated carbocycles. The van der Waals surface area contributed by atoms with Gasteiger partial charge in [0.05, 0.1) is 6.07 Å². The van der Waals surface area contributed by atoms with Crippen LogP contribution < -0.4 is 5.32 Å². The van der Waals surface area contributed by atoms with Crippen molar-refractivity contribution in [3.8, 4) is 17.2 Å². The molecule has 1 amide bonds. The molecule has 0 bridgehead atoms. The van der Waals surface area contributed by atoms with Crippen LogP contribution in [-0.4, -0.2) is 5.91 Å². The summed E-state index contributed by atoms with van der Waals surface area (Å²) in [5.41, 5.74) is 2.71. The van der Waals surface area contributed by atoms with E-state index in [0.29, 0.717) is 0 Å². The van der Waals surface area contributed by atoms with Gasteiger partial charge in [0, 0.05) is 11.3 Å². The van der Waals surface area contributed by atoms with Gasteiger partial charge in [0.15, 0.2) is 0 Å². The Morgan fingerprint density at radius 2 is 1.72 bits per heavy atom. The molecule has 0 aliphatic carbocycles. The molecule has 2 aromatic carbocycles. The van der Waals surface area contributed by atoms with Gasteiger partial charge >= 0.3 is 0 Å². The number of anilines is 1. The third-order valence-electron chi connectivity index (χ3n) is 2.53. The van der Waals surface area contributed by atoms with Crippen LogP contribution in [0.1, 0.15) is 6.42 Å². The van der Waals surface area contributed by atoms with Crippen molar-refractivity contribution in [2.45, 2.75) is 6.42 Å². The summed E-state index contributed by atoms with van der Waals surface area (Å²) in [4.78, 5) is 11.5. The summed E-state index contributed by atoms with van der Waals surface area (Å²) < 4.78 is 0. The van der Waals surface area contributed by atoms with E-state index in [1.165, 1.54) is 0 Å². The molecule has 0 aliphatic heterocycles. The minimum absolute atomic E-state index is 0.136. The summed E-state index contributed by atoms with van der Waals surface area (Å²) in [7, 11) is 0. The van der Waals surface area contributed by atoms with E-state index >= 15 is 0 Å². The number of carbonyl (C=O) groups is 1. The number of rotatable bonds is 3. The van der Waals surface area contributed by atoms with Crippen molar-refractivity contribution in [1.82, 2.24) is 0 Å². The van der Waals surface area contributed by atoms with Gasteiger partial charge in [-0.3, -0.25) is 4.79 Å². The topological polar surface area (TPSA) is 52.9 Å². The highest BCUT2D eigenvalue weighted by molar-refractivity contribution is 5.96. The number of para-hydroxylation sites is 1. The lowest BCUT2D eigenvalue weighted by molar-refractivity contribution is -0.115. The second-order valence-electron chi connectivity index (χ2n) is 3.79. The lowest BCUT2D eigenvalue weighted by atomic mass is 10.0. The average Bonchev–Trinajstić information content (AvgIpc) is 2.40. The molecule has 0 aromatic heterocycles. The van der Waals surface area contributed by atoms with Crippen LogP contribution >= 0.6 is 0 Å². The highest BCUT2D eigenvalue weighted by Gasteiger charge is 2.07. The van der Waals surface area contributed by atoms with Gasteiger partial charge in [-0.25, -0.2) is 0 Å².